The van der Waals surface area contributed by atoms with Crippen molar-refractivity contribution in [2.24, 2.45) is 0 Å². The summed E-state index contributed by atoms with van der Waals surface area (Å²) in [5.74, 6) is 0.276. The molecule has 0 N–H and O–H groups in total. The summed E-state index contributed by atoms with van der Waals surface area (Å²) in [7, 11) is 0. The molecule has 0 fully saturated rings. The van der Waals surface area contributed by atoms with Gasteiger partial charge in [-0.3, -0.25) is 4.57 Å². The molecule has 0 radical (unpaired) electrons. The number of rotatable bonds is 2. The van der Waals surface area contributed by atoms with Crippen molar-refractivity contribution in [1.82, 2.24) is 9.55 Å². The number of hydrogen-bond acceptors (Lipinski definition) is 1. The maximum atomic E-state index is 14.4. The first kappa shape index (κ1) is 15.0. The van der Waals surface area contributed by atoms with Gasteiger partial charge in [0.15, 0.2) is 0 Å². The molecular formula is C15H10Br2ClFN2. The van der Waals surface area contributed by atoms with E-state index in [4.69, 9.17) is 11.6 Å². The van der Waals surface area contributed by atoms with E-state index in [0.29, 0.717) is 16.0 Å². The fraction of sp³-hybridized carbons (Fsp3) is 0.133. The fourth-order valence-corrected chi connectivity index (χ4v) is 3.29. The lowest BCUT2D eigenvalue weighted by molar-refractivity contribution is 0.615. The molecule has 1 atom stereocenters. The molecule has 1 heterocycles. The van der Waals surface area contributed by atoms with Crippen LogP contribution in [0.25, 0.3) is 16.7 Å². The van der Waals surface area contributed by atoms with E-state index < -0.39 is 0 Å². The molecule has 1 unspecified atom stereocenters. The van der Waals surface area contributed by atoms with Crippen LogP contribution in [-0.4, -0.2) is 9.55 Å². The van der Waals surface area contributed by atoms with E-state index in [-0.39, 0.29) is 11.2 Å². The number of fused-ring (bicyclic) bond motifs is 1. The van der Waals surface area contributed by atoms with Crippen LogP contribution in [0.15, 0.2) is 45.3 Å². The second kappa shape index (κ2) is 5.71. The SMILES string of the molecule is CC(Cl)c1nc2ccc(Br)cc2n1-c1c(F)cccc1Br. The molecule has 0 spiro atoms. The van der Waals surface area contributed by atoms with Gasteiger partial charge in [-0.25, -0.2) is 9.37 Å². The third-order valence-corrected chi connectivity index (χ3v) is 4.49. The monoisotopic (exact) mass is 430 g/mol. The zero-order valence-electron chi connectivity index (χ0n) is 10.9. The van der Waals surface area contributed by atoms with E-state index in [1.165, 1.54) is 6.07 Å². The Labute approximate surface area is 143 Å². The van der Waals surface area contributed by atoms with Crippen LogP contribution >= 0.6 is 43.5 Å². The lowest BCUT2D eigenvalue weighted by Crippen LogP contribution is -2.05. The van der Waals surface area contributed by atoms with Crippen molar-refractivity contribution < 1.29 is 4.39 Å². The Balaban J connectivity index is 2.44. The molecule has 0 aliphatic rings. The summed E-state index contributed by atoms with van der Waals surface area (Å²) in [6, 6.07) is 10.6. The Morgan fingerprint density at radius 2 is 2.00 bits per heavy atom. The highest BCUT2D eigenvalue weighted by atomic mass is 79.9. The van der Waals surface area contributed by atoms with E-state index in [1.54, 1.807) is 16.7 Å². The molecule has 0 bridgehead atoms. The summed E-state index contributed by atoms with van der Waals surface area (Å²) >= 11 is 13.1. The third kappa shape index (κ3) is 2.62. The van der Waals surface area contributed by atoms with E-state index in [2.05, 4.69) is 36.8 Å². The van der Waals surface area contributed by atoms with Gasteiger partial charge in [0.2, 0.25) is 0 Å². The van der Waals surface area contributed by atoms with Crippen LogP contribution in [0.3, 0.4) is 0 Å². The molecule has 3 aromatic rings. The molecule has 3 rings (SSSR count). The van der Waals surface area contributed by atoms with Gasteiger partial charge >= 0.3 is 0 Å². The summed E-state index contributed by atoms with van der Waals surface area (Å²) in [6.07, 6.45) is 0. The van der Waals surface area contributed by atoms with Crippen LogP contribution in [0.2, 0.25) is 0 Å². The molecule has 2 nitrogen and oxygen atoms in total. The second-order valence-electron chi connectivity index (χ2n) is 4.62. The van der Waals surface area contributed by atoms with E-state index in [1.807, 2.05) is 25.1 Å². The minimum Gasteiger partial charge on any atom is -0.291 e. The minimum absolute atomic E-state index is 0.331. The molecule has 2 aromatic carbocycles. The van der Waals surface area contributed by atoms with E-state index in [0.717, 1.165) is 15.5 Å². The molecule has 0 saturated heterocycles. The van der Waals surface area contributed by atoms with Crippen molar-refractivity contribution >= 4 is 54.5 Å². The fourth-order valence-electron chi connectivity index (χ4n) is 2.27. The molecule has 0 aliphatic carbocycles. The highest BCUT2D eigenvalue weighted by Gasteiger charge is 2.20. The predicted molar refractivity (Wildman–Crippen MR) is 90.7 cm³/mol. The Kier molecular flexibility index (Phi) is 4.08. The average molecular weight is 433 g/mol. The van der Waals surface area contributed by atoms with Crippen molar-refractivity contribution in [3.8, 4) is 5.69 Å². The summed E-state index contributed by atoms with van der Waals surface area (Å²) in [4.78, 5) is 4.53. The number of benzene rings is 2. The van der Waals surface area contributed by atoms with Gasteiger partial charge in [-0.2, -0.15) is 0 Å². The van der Waals surface area contributed by atoms with Gasteiger partial charge < -0.3 is 0 Å². The lowest BCUT2D eigenvalue weighted by Gasteiger charge is -2.13. The Morgan fingerprint density at radius 3 is 2.67 bits per heavy atom. The van der Waals surface area contributed by atoms with Gasteiger partial charge in [-0.1, -0.05) is 22.0 Å². The van der Waals surface area contributed by atoms with Crippen molar-refractivity contribution in [1.29, 1.82) is 0 Å². The average Bonchev–Trinajstić information content (AvgIpc) is 2.78. The van der Waals surface area contributed by atoms with Crippen molar-refractivity contribution in [2.75, 3.05) is 0 Å². The molecule has 21 heavy (non-hydrogen) atoms. The first-order valence-electron chi connectivity index (χ1n) is 6.25. The quantitative estimate of drug-likeness (QED) is 0.455. The molecular weight excluding hydrogens is 422 g/mol. The van der Waals surface area contributed by atoms with Crippen LogP contribution in [0.4, 0.5) is 4.39 Å². The van der Waals surface area contributed by atoms with Crippen molar-refractivity contribution in [3.63, 3.8) is 0 Å². The third-order valence-electron chi connectivity index (χ3n) is 3.16. The first-order chi connectivity index (χ1) is 9.99. The maximum Gasteiger partial charge on any atom is 0.148 e. The molecule has 1 aromatic heterocycles. The van der Waals surface area contributed by atoms with Gasteiger partial charge in [0, 0.05) is 8.95 Å². The van der Waals surface area contributed by atoms with Crippen LogP contribution in [-0.2, 0) is 0 Å². The predicted octanol–water partition coefficient (Wildman–Crippen LogP) is 5.99. The van der Waals surface area contributed by atoms with Gasteiger partial charge in [-0.15, -0.1) is 11.6 Å². The molecule has 6 heteroatoms. The molecule has 0 saturated carbocycles. The minimum atomic E-state index is -0.345. The van der Waals surface area contributed by atoms with Crippen LogP contribution in [0, 0.1) is 5.82 Å². The van der Waals surface area contributed by atoms with E-state index >= 15 is 0 Å². The first-order valence-corrected chi connectivity index (χ1v) is 8.27. The summed E-state index contributed by atoms with van der Waals surface area (Å²) in [6.45, 7) is 1.82. The van der Waals surface area contributed by atoms with Crippen LogP contribution in [0.1, 0.15) is 18.1 Å². The Bertz CT molecular complexity index is 810. The smallest absolute Gasteiger partial charge is 0.148 e. The summed E-state index contributed by atoms with van der Waals surface area (Å²) in [5.41, 5.74) is 1.99. The normalized spacial score (nSPS) is 12.8. The standard InChI is InChI=1S/C15H10Br2ClFN2/c1-8(18)15-20-12-6-5-9(16)7-13(12)21(15)14-10(17)3-2-4-11(14)19/h2-8H,1H3. The number of hydrogen-bond donors (Lipinski definition) is 0. The number of nitrogens with zero attached hydrogens (tertiary/aromatic N) is 2. The number of alkyl halides is 1. The topological polar surface area (TPSA) is 17.8 Å². The number of imidazole rings is 1. The van der Waals surface area contributed by atoms with Gasteiger partial charge in [0.05, 0.1) is 22.1 Å². The van der Waals surface area contributed by atoms with Gasteiger partial charge in [0.1, 0.15) is 11.6 Å². The highest BCUT2D eigenvalue weighted by Crippen LogP contribution is 2.34. The number of aromatic nitrogens is 2. The van der Waals surface area contributed by atoms with Gasteiger partial charge in [-0.05, 0) is 53.2 Å². The van der Waals surface area contributed by atoms with Crippen LogP contribution < -0.4 is 0 Å². The molecule has 108 valence electrons. The zero-order valence-corrected chi connectivity index (χ0v) is 14.9. The number of para-hydroxylation sites is 1. The lowest BCUT2D eigenvalue weighted by atomic mass is 10.2. The van der Waals surface area contributed by atoms with Crippen LogP contribution in [0.5, 0.6) is 0 Å². The van der Waals surface area contributed by atoms with Crippen molar-refractivity contribution in [2.45, 2.75) is 12.3 Å². The van der Waals surface area contributed by atoms with E-state index in [9.17, 15) is 4.39 Å². The summed E-state index contributed by atoms with van der Waals surface area (Å²) in [5, 5.41) is -0.345. The zero-order chi connectivity index (χ0) is 15.1. The molecule has 0 aliphatic heterocycles. The largest absolute Gasteiger partial charge is 0.291 e. The highest BCUT2D eigenvalue weighted by molar-refractivity contribution is 9.10. The molecule has 0 amide bonds. The van der Waals surface area contributed by atoms with Gasteiger partial charge in [0.25, 0.3) is 0 Å². The number of halogens is 4. The maximum absolute atomic E-state index is 14.4. The second-order valence-corrected chi connectivity index (χ2v) is 7.05. The van der Waals surface area contributed by atoms with Crippen molar-refractivity contribution in [3.05, 3.63) is 57.0 Å². The Hall–Kier alpha value is -0.910. The summed E-state index contributed by atoms with van der Waals surface area (Å²) < 4.78 is 17.7. The Morgan fingerprint density at radius 1 is 1.24 bits per heavy atom.